The van der Waals surface area contributed by atoms with E-state index < -0.39 is 6.10 Å². The Labute approximate surface area is 109 Å². The quantitative estimate of drug-likeness (QED) is 0.790. The average Bonchev–Trinajstić information content (AvgIpc) is 2.28. The Morgan fingerprint density at radius 1 is 1.28 bits per heavy atom. The first kappa shape index (κ1) is 14.5. The molecule has 0 aliphatic rings. The molecule has 0 spiro atoms. The highest BCUT2D eigenvalue weighted by atomic mass is 16.5. The van der Waals surface area contributed by atoms with Gasteiger partial charge in [-0.05, 0) is 38.0 Å². The lowest BCUT2D eigenvalue weighted by molar-refractivity contribution is -0.130. The smallest absolute Gasteiger partial charge is 0.253 e. The van der Waals surface area contributed by atoms with Gasteiger partial charge in [0, 0.05) is 11.4 Å². The number of rotatable bonds is 5. The van der Waals surface area contributed by atoms with Gasteiger partial charge in [-0.2, -0.15) is 0 Å². The van der Waals surface area contributed by atoms with E-state index in [1.807, 2.05) is 6.92 Å². The van der Waals surface area contributed by atoms with Gasteiger partial charge in [-0.25, -0.2) is 0 Å². The number of carbonyl (C=O) groups is 1. The van der Waals surface area contributed by atoms with Crippen molar-refractivity contribution in [1.29, 1.82) is 0 Å². The molecule has 2 unspecified atom stereocenters. The van der Waals surface area contributed by atoms with Crippen LogP contribution in [0.4, 0.5) is 11.4 Å². The van der Waals surface area contributed by atoms with Gasteiger partial charge >= 0.3 is 0 Å². The molecule has 4 heteroatoms. The van der Waals surface area contributed by atoms with Crippen LogP contribution >= 0.6 is 0 Å². The Hall–Kier alpha value is -1.55. The van der Waals surface area contributed by atoms with Crippen LogP contribution in [0.3, 0.4) is 0 Å². The van der Waals surface area contributed by atoms with E-state index in [2.05, 4.69) is 19.2 Å². The molecule has 0 heterocycles. The molecule has 18 heavy (non-hydrogen) atoms. The molecule has 0 radical (unpaired) electrons. The average molecular weight is 250 g/mol. The molecule has 0 aliphatic heterocycles. The first-order chi connectivity index (χ1) is 8.40. The SMILES string of the molecule is CC(OC(C)C(C)C)C(=O)Nc1cccc(N)c1. The molecule has 0 bridgehead atoms. The minimum atomic E-state index is -0.483. The topological polar surface area (TPSA) is 64.3 Å². The van der Waals surface area contributed by atoms with Crippen LogP contribution in [0.2, 0.25) is 0 Å². The van der Waals surface area contributed by atoms with Crippen LogP contribution in [0.1, 0.15) is 27.7 Å². The summed E-state index contributed by atoms with van der Waals surface area (Å²) in [4.78, 5) is 11.9. The molecular formula is C14H22N2O2. The summed E-state index contributed by atoms with van der Waals surface area (Å²) in [5.41, 5.74) is 6.96. The van der Waals surface area contributed by atoms with Gasteiger partial charge in [0.15, 0.2) is 0 Å². The zero-order valence-electron chi connectivity index (χ0n) is 11.4. The maximum atomic E-state index is 11.9. The number of ether oxygens (including phenoxy) is 1. The summed E-state index contributed by atoms with van der Waals surface area (Å²) in [7, 11) is 0. The van der Waals surface area contributed by atoms with Gasteiger partial charge in [-0.1, -0.05) is 19.9 Å². The zero-order valence-corrected chi connectivity index (χ0v) is 11.4. The van der Waals surface area contributed by atoms with Gasteiger partial charge in [-0.15, -0.1) is 0 Å². The summed E-state index contributed by atoms with van der Waals surface area (Å²) in [5.74, 6) is 0.223. The molecule has 4 nitrogen and oxygen atoms in total. The number of hydrogen-bond donors (Lipinski definition) is 2. The third-order valence-corrected chi connectivity index (χ3v) is 2.88. The number of benzene rings is 1. The van der Waals surface area contributed by atoms with Crippen molar-refractivity contribution in [2.45, 2.75) is 39.9 Å². The molecule has 3 N–H and O–H groups in total. The molecule has 1 aromatic rings. The van der Waals surface area contributed by atoms with Gasteiger partial charge in [0.25, 0.3) is 5.91 Å². The number of nitrogen functional groups attached to an aromatic ring is 1. The highest BCUT2D eigenvalue weighted by Gasteiger charge is 2.18. The van der Waals surface area contributed by atoms with Crippen molar-refractivity contribution in [2.24, 2.45) is 5.92 Å². The first-order valence-electron chi connectivity index (χ1n) is 6.22. The second-order valence-corrected chi connectivity index (χ2v) is 4.84. The Balaban J connectivity index is 2.55. The molecule has 100 valence electrons. The Morgan fingerprint density at radius 2 is 1.94 bits per heavy atom. The van der Waals surface area contributed by atoms with Crippen LogP contribution in [0.5, 0.6) is 0 Å². The third-order valence-electron chi connectivity index (χ3n) is 2.88. The molecule has 0 fully saturated rings. The minimum Gasteiger partial charge on any atom is -0.399 e. The lowest BCUT2D eigenvalue weighted by Gasteiger charge is -2.21. The standard InChI is InChI=1S/C14H22N2O2/c1-9(2)10(3)18-11(4)14(17)16-13-7-5-6-12(15)8-13/h5-11H,15H2,1-4H3,(H,16,17). The molecule has 2 atom stereocenters. The summed E-state index contributed by atoms with van der Waals surface area (Å²) < 4.78 is 5.63. The minimum absolute atomic E-state index is 0.0478. The van der Waals surface area contributed by atoms with Crippen molar-refractivity contribution in [1.82, 2.24) is 0 Å². The van der Waals surface area contributed by atoms with Gasteiger partial charge in [0.1, 0.15) is 6.10 Å². The monoisotopic (exact) mass is 250 g/mol. The third kappa shape index (κ3) is 4.37. The lowest BCUT2D eigenvalue weighted by Crippen LogP contribution is -2.32. The highest BCUT2D eigenvalue weighted by Crippen LogP contribution is 2.14. The maximum Gasteiger partial charge on any atom is 0.253 e. The summed E-state index contributed by atoms with van der Waals surface area (Å²) >= 11 is 0. The molecule has 0 saturated heterocycles. The number of carbonyl (C=O) groups excluding carboxylic acids is 1. The van der Waals surface area contributed by atoms with Crippen molar-refractivity contribution in [3.05, 3.63) is 24.3 Å². The number of nitrogens with two attached hydrogens (primary N) is 1. The summed E-state index contributed by atoms with van der Waals surface area (Å²) in [6.45, 7) is 7.84. The van der Waals surface area contributed by atoms with E-state index in [9.17, 15) is 4.79 Å². The molecule has 1 amide bonds. The van der Waals surface area contributed by atoms with E-state index in [0.717, 1.165) is 0 Å². The van der Waals surface area contributed by atoms with E-state index in [1.165, 1.54) is 0 Å². The predicted octanol–water partition coefficient (Wildman–Crippen LogP) is 2.66. The van der Waals surface area contributed by atoms with E-state index >= 15 is 0 Å². The molecule has 1 rings (SSSR count). The summed E-state index contributed by atoms with van der Waals surface area (Å²) in [6, 6.07) is 7.09. The van der Waals surface area contributed by atoms with Crippen LogP contribution in [-0.4, -0.2) is 18.1 Å². The zero-order chi connectivity index (χ0) is 13.7. The summed E-state index contributed by atoms with van der Waals surface area (Å²) in [5, 5.41) is 2.78. The van der Waals surface area contributed by atoms with Crippen LogP contribution < -0.4 is 11.1 Å². The van der Waals surface area contributed by atoms with Crippen molar-refractivity contribution >= 4 is 17.3 Å². The van der Waals surface area contributed by atoms with Crippen LogP contribution in [0.15, 0.2) is 24.3 Å². The molecule has 0 aromatic heterocycles. The van der Waals surface area contributed by atoms with Gasteiger partial charge in [-0.3, -0.25) is 4.79 Å². The molecule has 0 aliphatic carbocycles. The van der Waals surface area contributed by atoms with Crippen molar-refractivity contribution in [3.8, 4) is 0 Å². The van der Waals surface area contributed by atoms with Gasteiger partial charge < -0.3 is 15.8 Å². The van der Waals surface area contributed by atoms with Crippen LogP contribution in [0.25, 0.3) is 0 Å². The van der Waals surface area contributed by atoms with E-state index in [-0.39, 0.29) is 12.0 Å². The number of amides is 1. The van der Waals surface area contributed by atoms with Crippen LogP contribution in [0, 0.1) is 5.92 Å². The Kier molecular flexibility index (Phi) is 5.16. The van der Waals surface area contributed by atoms with Crippen molar-refractivity contribution in [3.63, 3.8) is 0 Å². The van der Waals surface area contributed by atoms with E-state index in [1.54, 1.807) is 31.2 Å². The Morgan fingerprint density at radius 3 is 2.50 bits per heavy atom. The van der Waals surface area contributed by atoms with E-state index in [4.69, 9.17) is 10.5 Å². The molecule has 1 aromatic carbocycles. The first-order valence-corrected chi connectivity index (χ1v) is 6.22. The fraction of sp³-hybridized carbons (Fsp3) is 0.500. The largest absolute Gasteiger partial charge is 0.399 e. The van der Waals surface area contributed by atoms with Gasteiger partial charge in [0.05, 0.1) is 6.10 Å². The van der Waals surface area contributed by atoms with Crippen molar-refractivity contribution in [2.75, 3.05) is 11.1 Å². The Bertz CT molecular complexity index is 405. The fourth-order valence-corrected chi connectivity index (χ4v) is 1.40. The molecule has 0 saturated carbocycles. The van der Waals surface area contributed by atoms with Crippen molar-refractivity contribution < 1.29 is 9.53 Å². The van der Waals surface area contributed by atoms with E-state index in [0.29, 0.717) is 17.3 Å². The van der Waals surface area contributed by atoms with Crippen LogP contribution in [-0.2, 0) is 9.53 Å². The lowest BCUT2D eigenvalue weighted by atomic mass is 10.1. The number of anilines is 2. The second-order valence-electron chi connectivity index (χ2n) is 4.84. The summed E-state index contributed by atoms with van der Waals surface area (Å²) in [6.07, 6.45) is -0.435. The predicted molar refractivity (Wildman–Crippen MR) is 74.3 cm³/mol. The molecular weight excluding hydrogens is 228 g/mol. The second kappa shape index (κ2) is 6.40. The number of hydrogen-bond acceptors (Lipinski definition) is 3. The normalized spacial score (nSPS) is 14.3. The number of nitrogens with one attached hydrogen (secondary N) is 1. The van der Waals surface area contributed by atoms with Gasteiger partial charge in [0.2, 0.25) is 0 Å². The fourth-order valence-electron chi connectivity index (χ4n) is 1.40. The highest BCUT2D eigenvalue weighted by molar-refractivity contribution is 5.94. The maximum absolute atomic E-state index is 11.9.